The summed E-state index contributed by atoms with van der Waals surface area (Å²) in [6.07, 6.45) is 0. The number of anilines is 1. The molecule has 34 heavy (non-hydrogen) atoms. The number of nitrogens with zero attached hydrogens (tertiary/aromatic N) is 2. The molecule has 0 bridgehead atoms. The van der Waals surface area contributed by atoms with Crippen LogP contribution in [0.5, 0.6) is 0 Å². The minimum absolute atomic E-state index is 0.0440. The van der Waals surface area contributed by atoms with Crippen molar-refractivity contribution in [2.45, 2.75) is 22.8 Å². The van der Waals surface area contributed by atoms with Gasteiger partial charge in [-0.15, -0.1) is 0 Å². The first kappa shape index (κ1) is 24.1. The Labute approximate surface area is 199 Å². The van der Waals surface area contributed by atoms with Crippen LogP contribution < -0.4 is 5.32 Å². The molecule has 10 heteroatoms. The SMILES string of the molecule is Cc1ccc(NC(=O)[C@@H]2CN(S(=O)(=O)c3ccccc3)CCN2S(=O)(=O)c2ccccc2)cc1. The minimum Gasteiger partial charge on any atom is -0.325 e. The van der Waals surface area contributed by atoms with E-state index in [9.17, 15) is 21.6 Å². The summed E-state index contributed by atoms with van der Waals surface area (Å²) in [6.45, 7) is 1.38. The summed E-state index contributed by atoms with van der Waals surface area (Å²) in [5.41, 5.74) is 1.50. The number of piperazine rings is 1. The van der Waals surface area contributed by atoms with Crippen molar-refractivity contribution < 1.29 is 21.6 Å². The lowest BCUT2D eigenvalue weighted by molar-refractivity contribution is -0.120. The molecule has 1 aliphatic rings. The molecule has 178 valence electrons. The van der Waals surface area contributed by atoms with E-state index in [0.717, 1.165) is 9.87 Å². The smallest absolute Gasteiger partial charge is 0.244 e. The van der Waals surface area contributed by atoms with Crippen molar-refractivity contribution >= 4 is 31.6 Å². The van der Waals surface area contributed by atoms with Crippen LogP contribution in [-0.2, 0) is 24.8 Å². The highest BCUT2D eigenvalue weighted by molar-refractivity contribution is 7.89. The van der Waals surface area contributed by atoms with Crippen molar-refractivity contribution in [2.24, 2.45) is 0 Å². The predicted molar refractivity (Wildman–Crippen MR) is 129 cm³/mol. The van der Waals surface area contributed by atoms with Gasteiger partial charge in [-0.3, -0.25) is 4.79 Å². The number of nitrogens with one attached hydrogen (secondary N) is 1. The third-order valence-corrected chi connectivity index (χ3v) is 9.45. The van der Waals surface area contributed by atoms with Crippen molar-refractivity contribution in [3.8, 4) is 0 Å². The molecule has 1 amide bonds. The Bertz CT molecular complexity index is 1360. The van der Waals surface area contributed by atoms with Crippen molar-refractivity contribution in [3.05, 3.63) is 90.5 Å². The normalized spacial score (nSPS) is 17.9. The zero-order valence-electron chi connectivity index (χ0n) is 18.5. The first-order valence-corrected chi connectivity index (χ1v) is 13.6. The second-order valence-electron chi connectivity index (χ2n) is 7.98. The highest BCUT2D eigenvalue weighted by Gasteiger charge is 2.43. The standard InChI is InChI=1S/C24H25N3O5S2/c1-19-12-14-20(15-13-19)25-24(28)23-18-26(33(29,30)21-8-4-2-5-9-21)16-17-27(23)34(31,32)22-10-6-3-7-11-22/h2-15,23H,16-18H2,1H3,(H,25,28)/t23-/m0/s1. The first-order chi connectivity index (χ1) is 16.2. The van der Waals surface area contributed by atoms with Gasteiger partial charge in [-0.05, 0) is 43.3 Å². The number of carbonyl (C=O) groups is 1. The number of amides is 1. The molecule has 0 unspecified atom stereocenters. The van der Waals surface area contributed by atoms with E-state index in [1.165, 1.54) is 28.6 Å². The van der Waals surface area contributed by atoms with Crippen LogP contribution in [0.4, 0.5) is 5.69 Å². The second kappa shape index (κ2) is 9.67. The monoisotopic (exact) mass is 499 g/mol. The lowest BCUT2D eigenvalue weighted by atomic mass is 10.2. The van der Waals surface area contributed by atoms with E-state index in [1.807, 2.05) is 19.1 Å². The summed E-state index contributed by atoms with van der Waals surface area (Å²) in [4.78, 5) is 13.4. The number of rotatable bonds is 6. The van der Waals surface area contributed by atoms with Crippen LogP contribution in [-0.4, -0.2) is 57.0 Å². The van der Waals surface area contributed by atoms with Gasteiger partial charge in [0.15, 0.2) is 0 Å². The molecule has 1 aliphatic heterocycles. The Hall–Kier alpha value is -3.05. The fraction of sp³-hybridized carbons (Fsp3) is 0.208. The molecule has 0 aromatic heterocycles. The van der Waals surface area contributed by atoms with Crippen LogP contribution >= 0.6 is 0 Å². The maximum absolute atomic E-state index is 13.4. The quantitative estimate of drug-likeness (QED) is 0.562. The van der Waals surface area contributed by atoms with E-state index < -0.39 is 32.0 Å². The van der Waals surface area contributed by atoms with E-state index >= 15 is 0 Å². The molecule has 8 nitrogen and oxygen atoms in total. The number of hydrogen-bond acceptors (Lipinski definition) is 5. The van der Waals surface area contributed by atoms with Gasteiger partial charge in [-0.1, -0.05) is 54.1 Å². The Morgan fingerprint density at radius 1 is 0.765 bits per heavy atom. The molecule has 4 rings (SSSR count). The molecule has 3 aromatic rings. The van der Waals surface area contributed by atoms with Crippen molar-refractivity contribution in [1.82, 2.24) is 8.61 Å². The van der Waals surface area contributed by atoms with Gasteiger partial charge in [-0.2, -0.15) is 8.61 Å². The van der Waals surface area contributed by atoms with Crippen LogP contribution in [0.2, 0.25) is 0 Å². The van der Waals surface area contributed by atoms with Crippen LogP contribution in [0.1, 0.15) is 5.56 Å². The average Bonchev–Trinajstić information content (AvgIpc) is 2.86. The lowest BCUT2D eigenvalue weighted by Gasteiger charge is -2.38. The zero-order valence-corrected chi connectivity index (χ0v) is 20.2. The fourth-order valence-electron chi connectivity index (χ4n) is 3.79. The molecule has 0 radical (unpaired) electrons. The molecule has 0 spiro atoms. The summed E-state index contributed by atoms with van der Waals surface area (Å²) in [5, 5.41) is 2.74. The maximum Gasteiger partial charge on any atom is 0.244 e. The minimum atomic E-state index is -4.04. The molecule has 0 aliphatic carbocycles. The average molecular weight is 500 g/mol. The first-order valence-electron chi connectivity index (χ1n) is 10.7. The summed E-state index contributed by atoms with van der Waals surface area (Å²) < 4.78 is 55.5. The number of hydrogen-bond donors (Lipinski definition) is 1. The number of carbonyl (C=O) groups excluding carboxylic acids is 1. The van der Waals surface area contributed by atoms with Gasteiger partial charge in [0.1, 0.15) is 6.04 Å². The molecule has 1 fully saturated rings. The van der Waals surface area contributed by atoms with Gasteiger partial charge in [0, 0.05) is 25.3 Å². The molecule has 1 saturated heterocycles. The van der Waals surface area contributed by atoms with Crippen molar-refractivity contribution in [3.63, 3.8) is 0 Å². The summed E-state index contributed by atoms with van der Waals surface area (Å²) in [6, 6.07) is 21.5. The van der Waals surface area contributed by atoms with Crippen LogP contribution in [0, 0.1) is 6.92 Å². The zero-order chi connectivity index (χ0) is 24.3. The number of benzene rings is 3. The van der Waals surface area contributed by atoms with E-state index in [-0.39, 0.29) is 29.4 Å². The van der Waals surface area contributed by atoms with Gasteiger partial charge in [0.05, 0.1) is 9.79 Å². The molecule has 3 aromatic carbocycles. The maximum atomic E-state index is 13.4. The van der Waals surface area contributed by atoms with Gasteiger partial charge >= 0.3 is 0 Å². The van der Waals surface area contributed by atoms with Gasteiger partial charge < -0.3 is 5.32 Å². The molecule has 0 saturated carbocycles. The topological polar surface area (TPSA) is 104 Å². The highest BCUT2D eigenvalue weighted by Crippen LogP contribution is 2.26. The lowest BCUT2D eigenvalue weighted by Crippen LogP contribution is -2.60. The molecular weight excluding hydrogens is 474 g/mol. The molecule has 1 heterocycles. The predicted octanol–water partition coefficient (Wildman–Crippen LogP) is 2.70. The highest BCUT2D eigenvalue weighted by atomic mass is 32.2. The molecular formula is C24H25N3O5S2. The Morgan fingerprint density at radius 3 is 1.85 bits per heavy atom. The largest absolute Gasteiger partial charge is 0.325 e. The Morgan fingerprint density at radius 2 is 1.29 bits per heavy atom. The van der Waals surface area contributed by atoms with E-state index in [1.54, 1.807) is 48.5 Å². The van der Waals surface area contributed by atoms with Gasteiger partial charge in [-0.25, -0.2) is 16.8 Å². The molecule has 1 N–H and O–H groups in total. The van der Waals surface area contributed by atoms with E-state index in [2.05, 4.69) is 5.32 Å². The van der Waals surface area contributed by atoms with Crippen LogP contribution in [0.25, 0.3) is 0 Å². The van der Waals surface area contributed by atoms with E-state index in [0.29, 0.717) is 5.69 Å². The second-order valence-corrected chi connectivity index (χ2v) is 11.8. The van der Waals surface area contributed by atoms with Gasteiger partial charge in [0.25, 0.3) is 0 Å². The van der Waals surface area contributed by atoms with E-state index in [4.69, 9.17) is 0 Å². The summed E-state index contributed by atoms with van der Waals surface area (Å²) in [7, 11) is -7.95. The van der Waals surface area contributed by atoms with Crippen LogP contribution in [0.3, 0.4) is 0 Å². The molecule has 1 atom stereocenters. The van der Waals surface area contributed by atoms with Crippen molar-refractivity contribution in [2.75, 3.05) is 25.0 Å². The fourth-order valence-corrected chi connectivity index (χ4v) is 6.84. The number of aryl methyl sites for hydroxylation is 1. The third-order valence-electron chi connectivity index (χ3n) is 5.65. The Balaban J connectivity index is 1.68. The summed E-state index contributed by atoms with van der Waals surface area (Å²) >= 11 is 0. The third kappa shape index (κ3) is 4.90. The van der Waals surface area contributed by atoms with Crippen molar-refractivity contribution in [1.29, 1.82) is 0 Å². The number of sulfonamides is 2. The summed E-state index contributed by atoms with van der Waals surface area (Å²) in [5.74, 6) is -0.601. The van der Waals surface area contributed by atoms with Gasteiger partial charge in [0.2, 0.25) is 26.0 Å². The Kier molecular flexibility index (Phi) is 6.85. The van der Waals surface area contributed by atoms with Crippen LogP contribution in [0.15, 0.2) is 94.7 Å².